The van der Waals surface area contributed by atoms with Crippen LogP contribution in [0.25, 0.3) is 0 Å². The highest BCUT2D eigenvalue weighted by molar-refractivity contribution is 5.41. The van der Waals surface area contributed by atoms with Crippen LogP contribution in [0.2, 0.25) is 0 Å². The minimum Gasteiger partial charge on any atom is -0.384 e. The van der Waals surface area contributed by atoms with Crippen LogP contribution in [0, 0.1) is 17.3 Å². The molecule has 0 bridgehead atoms. The van der Waals surface area contributed by atoms with Crippen LogP contribution in [0.3, 0.4) is 0 Å². The summed E-state index contributed by atoms with van der Waals surface area (Å²) < 4.78 is 0. The summed E-state index contributed by atoms with van der Waals surface area (Å²) in [4.78, 5) is 2.31. The first-order chi connectivity index (χ1) is 8.42. The number of nitrogens with zero attached hydrogens (tertiary/aromatic N) is 1. The fourth-order valence-electron chi connectivity index (χ4n) is 2.07. The summed E-state index contributed by atoms with van der Waals surface area (Å²) in [5.74, 6) is 5.72. The van der Waals surface area contributed by atoms with Crippen LogP contribution in [0.5, 0.6) is 0 Å². The summed E-state index contributed by atoms with van der Waals surface area (Å²) in [6.07, 6.45) is 0. The smallest absolute Gasteiger partial charge is 0.104 e. The van der Waals surface area contributed by atoms with Gasteiger partial charge in [0.1, 0.15) is 6.61 Å². The Morgan fingerprint density at radius 2 is 1.89 bits per heavy atom. The number of rotatable bonds is 3. The van der Waals surface area contributed by atoms with Gasteiger partial charge < -0.3 is 10.0 Å². The van der Waals surface area contributed by atoms with Gasteiger partial charge in [-0.25, -0.2) is 0 Å². The summed E-state index contributed by atoms with van der Waals surface area (Å²) in [6, 6.07) is 8.11. The van der Waals surface area contributed by atoms with Crippen LogP contribution >= 0.6 is 0 Å². The second-order valence-corrected chi connectivity index (χ2v) is 5.85. The first-order valence-corrected chi connectivity index (χ1v) is 6.28. The number of aliphatic hydroxyl groups excluding tert-OH is 1. The molecule has 0 fully saturated rings. The fraction of sp³-hybridized carbons (Fsp3) is 0.500. The van der Waals surface area contributed by atoms with E-state index in [4.69, 9.17) is 5.11 Å². The fourth-order valence-corrected chi connectivity index (χ4v) is 2.07. The van der Waals surface area contributed by atoms with Crippen molar-refractivity contribution in [2.24, 2.45) is 5.41 Å². The highest BCUT2D eigenvalue weighted by Crippen LogP contribution is 2.17. The first kappa shape index (κ1) is 14.8. The van der Waals surface area contributed by atoms with Crippen LogP contribution in [-0.2, 0) is 6.54 Å². The molecule has 1 rings (SSSR count). The molecule has 0 spiro atoms. The SMILES string of the molecule is CN(Cc1ccccc1C#CCO)CC(C)(C)C. The number of hydrogen-bond donors (Lipinski definition) is 1. The van der Waals surface area contributed by atoms with Gasteiger partial charge in [0.25, 0.3) is 0 Å². The lowest BCUT2D eigenvalue weighted by molar-refractivity contribution is 0.220. The van der Waals surface area contributed by atoms with Gasteiger partial charge in [-0.1, -0.05) is 50.8 Å². The maximum Gasteiger partial charge on any atom is 0.104 e. The second-order valence-electron chi connectivity index (χ2n) is 5.85. The minimum atomic E-state index is -0.0911. The lowest BCUT2D eigenvalue weighted by atomic mass is 9.96. The highest BCUT2D eigenvalue weighted by atomic mass is 16.2. The predicted molar refractivity (Wildman–Crippen MR) is 76.2 cm³/mol. The van der Waals surface area contributed by atoms with Crippen LogP contribution < -0.4 is 0 Å². The Kier molecular flexibility index (Phi) is 5.40. The lowest BCUT2D eigenvalue weighted by Gasteiger charge is -2.26. The average molecular weight is 245 g/mol. The molecule has 1 N–H and O–H groups in total. The molecular weight excluding hydrogens is 222 g/mol. The monoisotopic (exact) mass is 245 g/mol. The van der Waals surface area contributed by atoms with E-state index in [1.807, 2.05) is 18.2 Å². The van der Waals surface area contributed by atoms with Gasteiger partial charge in [-0.3, -0.25) is 0 Å². The third-order valence-electron chi connectivity index (χ3n) is 2.50. The summed E-state index contributed by atoms with van der Waals surface area (Å²) in [5.41, 5.74) is 2.51. The Morgan fingerprint density at radius 3 is 2.50 bits per heavy atom. The Labute approximate surface area is 111 Å². The van der Waals surface area contributed by atoms with Crippen molar-refractivity contribution in [3.63, 3.8) is 0 Å². The number of aliphatic hydroxyl groups is 1. The van der Waals surface area contributed by atoms with E-state index in [1.165, 1.54) is 5.56 Å². The van der Waals surface area contributed by atoms with Crippen LogP contribution in [0.1, 0.15) is 31.9 Å². The van der Waals surface area contributed by atoms with E-state index in [1.54, 1.807) is 0 Å². The molecule has 2 heteroatoms. The van der Waals surface area contributed by atoms with Crippen molar-refractivity contribution < 1.29 is 5.11 Å². The molecule has 18 heavy (non-hydrogen) atoms. The van der Waals surface area contributed by atoms with Crippen molar-refractivity contribution in [3.05, 3.63) is 35.4 Å². The zero-order valence-electron chi connectivity index (χ0n) is 11.8. The topological polar surface area (TPSA) is 23.5 Å². The molecule has 0 atom stereocenters. The zero-order valence-corrected chi connectivity index (χ0v) is 11.8. The van der Waals surface area contributed by atoms with Crippen molar-refractivity contribution in [2.45, 2.75) is 27.3 Å². The highest BCUT2D eigenvalue weighted by Gasteiger charge is 2.14. The quantitative estimate of drug-likeness (QED) is 0.827. The molecule has 0 aliphatic rings. The van der Waals surface area contributed by atoms with E-state index < -0.39 is 0 Å². The maximum atomic E-state index is 8.77. The third-order valence-corrected chi connectivity index (χ3v) is 2.50. The Morgan fingerprint density at radius 1 is 1.22 bits per heavy atom. The van der Waals surface area contributed by atoms with Crippen molar-refractivity contribution in [2.75, 3.05) is 20.2 Å². The van der Waals surface area contributed by atoms with Crippen molar-refractivity contribution in [1.29, 1.82) is 0 Å². The molecule has 0 saturated heterocycles. The summed E-state index contributed by atoms with van der Waals surface area (Å²) in [7, 11) is 2.13. The number of hydrogen-bond acceptors (Lipinski definition) is 2. The molecule has 0 amide bonds. The summed E-state index contributed by atoms with van der Waals surface area (Å²) >= 11 is 0. The van der Waals surface area contributed by atoms with E-state index in [2.05, 4.69) is 50.6 Å². The van der Waals surface area contributed by atoms with Gasteiger partial charge in [-0.15, -0.1) is 0 Å². The Hall–Kier alpha value is -1.30. The van der Waals surface area contributed by atoms with Gasteiger partial charge in [0.2, 0.25) is 0 Å². The van der Waals surface area contributed by atoms with Crippen LogP contribution in [0.15, 0.2) is 24.3 Å². The predicted octanol–water partition coefficient (Wildman–Crippen LogP) is 2.51. The number of benzene rings is 1. The van der Waals surface area contributed by atoms with E-state index in [0.29, 0.717) is 5.41 Å². The van der Waals surface area contributed by atoms with Gasteiger partial charge in [0.15, 0.2) is 0 Å². The molecule has 0 unspecified atom stereocenters. The van der Waals surface area contributed by atoms with Crippen molar-refractivity contribution in [3.8, 4) is 11.8 Å². The largest absolute Gasteiger partial charge is 0.384 e. The van der Waals surface area contributed by atoms with Crippen molar-refractivity contribution >= 4 is 0 Å². The first-order valence-electron chi connectivity index (χ1n) is 6.28. The molecule has 0 aliphatic heterocycles. The minimum absolute atomic E-state index is 0.0911. The second kappa shape index (κ2) is 6.58. The van der Waals surface area contributed by atoms with Crippen molar-refractivity contribution in [1.82, 2.24) is 4.90 Å². The molecule has 0 saturated carbocycles. The van der Waals surface area contributed by atoms with Gasteiger partial charge in [-0.2, -0.15) is 0 Å². The van der Waals surface area contributed by atoms with E-state index in [0.717, 1.165) is 18.7 Å². The lowest BCUT2D eigenvalue weighted by Crippen LogP contribution is -2.29. The van der Waals surface area contributed by atoms with Gasteiger partial charge in [-0.05, 0) is 24.1 Å². The maximum absolute atomic E-state index is 8.77. The standard InChI is InChI=1S/C16H23NO/c1-16(2,3)13-17(4)12-15-9-6-5-8-14(15)10-7-11-18/h5-6,8-9,18H,11-13H2,1-4H3. The van der Waals surface area contributed by atoms with Crippen LogP contribution in [-0.4, -0.2) is 30.2 Å². The van der Waals surface area contributed by atoms with Crippen LogP contribution in [0.4, 0.5) is 0 Å². The van der Waals surface area contributed by atoms with E-state index in [9.17, 15) is 0 Å². The third kappa shape index (κ3) is 5.35. The molecule has 0 radical (unpaired) electrons. The van der Waals surface area contributed by atoms with Gasteiger partial charge in [0.05, 0.1) is 0 Å². The normalized spacial score (nSPS) is 11.2. The molecule has 1 aromatic rings. The molecule has 0 aliphatic carbocycles. The molecule has 0 heterocycles. The Balaban J connectivity index is 2.78. The van der Waals surface area contributed by atoms with Gasteiger partial charge in [0, 0.05) is 18.7 Å². The van der Waals surface area contributed by atoms with E-state index in [-0.39, 0.29) is 6.61 Å². The molecule has 0 aromatic heterocycles. The molecule has 98 valence electrons. The Bertz CT molecular complexity index is 434. The van der Waals surface area contributed by atoms with E-state index >= 15 is 0 Å². The zero-order chi connectivity index (χ0) is 13.6. The molecule has 2 nitrogen and oxygen atoms in total. The van der Waals surface area contributed by atoms with Gasteiger partial charge >= 0.3 is 0 Å². The summed E-state index contributed by atoms with van der Waals surface area (Å²) in [5, 5.41) is 8.77. The summed E-state index contributed by atoms with van der Waals surface area (Å²) in [6.45, 7) is 8.54. The molecule has 1 aromatic carbocycles. The average Bonchev–Trinajstić information content (AvgIpc) is 2.25. The molecular formula is C16H23NO.